The first-order valence-electron chi connectivity index (χ1n) is 12.9. The molecule has 1 saturated heterocycles. The molecular formula is C30H33N7O. The molecule has 1 fully saturated rings. The van der Waals surface area contributed by atoms with E-state index in [4.69, 9.17) is 4.98 Å². The van der Waals surface area contributed by atoms with Gasteiger partial charge in [-0.2, -0.15) is 0 Å². The summed E-state index contributed by atoms with van der Waals surface area (Å²) in [7, 11) is 2.15. The van der Waals surface area contributed by atoms with Gasteiger partial charge < -0.3 is 20.4 Å². The van der Waals surface area contributed by atoms with Crippen LogP contribution in [0.15, 0.2) is 79.3 Å². The third kappa shape index (κ3) is 6.15. The van der Waals surface area contributed by atoms with Crippen LogP contribution in [-0.4, -0.2) is 59.0 Å². The van der Waals surface area contributed by atoms with Gasteiger partial charge in [0.05, 0.1) is 24.1 Å². The lowest BCUT2D eigenvalue weighted by Gasteiger charge is -2.33. The minimum Gasteiger partial charge on any atom is -0.362 e. The van der Waals surface area contributed by atoms with Crippen LogP contribution < -0.4 is 15.5 Å². The number of aryl methyl sites for hydroxylation is 1. The summed E-state index contributed by atoms with van der Waals surface area (Å²) in [5, 5.41) is 6.43. The molecule has 1 amide bonds. The van der Waals surface area contributed by atoms with Crippen LogP contribution >= 0.6 is 0 Å². The first-order chi connectivity index (χ1) is 18.4. The smallest absolute Gasteiger partial charge is 0.255 e. The lowest BCUT2D eigenvalue weighted by molar-refractivity contribution is 0.102. The Hall–Kier alpha value is -4.30. The summed E-state index contributed by atoms with van der Waals surface area (Å²) in [4.78, 5) is 31.2. The Morgan fingerprint density at radius 1 is 0.947 bits per heavy atom. The molecule has 2 N–H and O–H groups in total. The van der Waals surface area contributed by atoms with E-state index in [1.54, 1.807) is 12.4 Å². The van der Waals surface area contributed by atoms with E-state index >= 15 is 0 Å². The second kappa shape index (κ2) is 11.4. The first kappa shape index (κ1) is 25.4. The molecule has 0 radical (unpaired) electrons. The third-order valence-corrected chi connectivity index (χ3v) is 6.79. The van der Waals surface area contributed by atoms with Crippen molar-refractivity contribution in [2.75, 3.05) is 48.8 Å². The minimum atomic E-state index is -0.128. The molecule has 8 nitrogen and oxygen atoms in total. The number of nitrogens with zero attached hydrogens (tertiary/aromatic N) is 5. The quantitative estimate of drug-likeness (QED) is 0.363. The standard InChI is InChI=1S/C30H33N7O/c1-21-6-4-8-24(16-21)30(38)34-26-9-5-7-23(17-26)22(2)33-28-20-31-19-27(35-28)25-10-11-29(32-18-25)37-14-12-36(3)13-15-37/h4-11,16-20,22H,12-15H2,1-3H3,(H,33,35)(H,34,38)/t22-/m0/s1. The highest BCUT2D eigenvalue weighted by Gasteiger charge is 2.16. The second-order valence-electron chi connectivity index (χ2n) is 9.80. The van der Waals surface area contributed by atoms with Gasteiger partial charge in [0.2, 0.25) is 0 Å². The van der Waals surface area contributed by atoms with Crippen LogP contribution in [0.25, 0.3) is 11.3 Å². The Balaban J connectivity index is 1.24. The summed E-state index contributed by atoms with van der Waals surface area (Å²) in [5.74, 6) is 1.54. The van der Waals surface area contributed by atoms with Gasteiger partial charge in [0.15, 0.2) is 0 Å². The number of hydrogen-bond acceptors (Lipinski definition) is 7. The second-order valence-corrected chi connectivity index (χ2v) is 9.80. The number of carbonyl (C=O) groups excluding carboxylic acids is 1. The van der Waals surface area contributed by atoms with Gasteiger partial charge >= 0.3 is 0 Å². The monoisotopic (exact) mass is 507 g/mol. The van der Waals surface area contributed by atoms with Gasteiger partial charge in [0.25, 0.3) is 5.91 Å². The summed E-state index contributed by atoms with van der Waals surface area (Å²) < 4.78 is 0. The molecule has 1 aliphatic heterocycles. The normalized spacial score (nSPS) is 14.7. The molecule has 3 heterocycles. The van der Waals surface area contributed by atoms with E-state index < -0.39 is 0 Å². The maximum absolute atomic E-state index is 12.7. The number of likely N-dealkylation sites (N-methyl/N-ethyl adjacent to an activating group) is 1. The lowest BCUT2D eigenvalue weighted by Crippen LogP contribution is -2.44. The van der Waals surface area contributed by atoms with Crippen LogP contribution in [0.1, 0.15) is 34.5 Å². The molecular weight excluding hydrogens is 474 g/mol. The van der Waals surface area contributed by atoms with E-state index in [9.17, 15) is 4.79 Å². The number of anilines is 3. The molecule has 194 valence electrons. The Kier molecular flexibility index (Phi) is 7.60. The predicted octanol–water partition coefficient (Wildman–Crippen LogP) is 5.02. The number of carbonyl (C=O) groups is 1. The number of amides is 1. The fourth-order valence-corrected chi connectivity index (χ4v) is 4.52. The van der Waals surface area contributed by atoms with E-state index in [0.717, 1.165) is 60.1 Å². The number of rotatable bonds is 7. The van der Waals surface area contributed by atoms with E-state index in [0.29, 0.717) is 11.4 Å². The molecule has 1 atom stereocenters. The number of piperazine rings is 1. The van der Waals surface area contributed by atoms with Crippen LogP contribution in [-0.2, 0) is 0 Å². The summed E-state index contributed by atoms with van der Waals surface area (Å²) in [6.07, 6.45) is 5.34. The zero-order valence-electron chi connectivity index (χ0n) is 22.1. The molecule has 0 unspecified atom stereocenters. The fraction of sp³-hybridized carbons (Fsp3) is 0.267. The van der Waals surface area contributed by atoms with E-state index in [-0.39, 0.29) is 11.9 Å². The highest BCUT2D eigenvalue weighted by molar-refractivity contribution is 6.04. The molecule has 2 aromatic carbocycles. The molecule has 0 spiro atoms. The zero-order chi connectivity index (χ0) is 26.5. The van der Waals surface area contributed by atoms with E-state index in [1.807, 2.05) is 61.7 Å². The first-order valence-corrected chi connectivity index (χ1v) is 12.9. The van der Waals surface area contributed by atoms with Gasteiger partial charge in [-0.25, -0.2) is 9.97 Å². The van der Waals surface area contributed by atoms with Crippen LogP contribution in [0.4, 0.5) is 17.3 Å². The molecule has 8 heteroatoms. The molecule has 4 aromatic rings. The van der Waals surface area contributed by atoms with Crippen molar-refractivity contribution in [1.82, 2.24) is 19.9 Å². The fourth-order valence-electron chi connectivity index (χ4n) is 4.52. The Morgan fingerprint density at radius 3 is 2.53 bits per heavy atom. The van der Waals surface area contributed by atoms with Crippen molar-refractivity contribution in [2.45, 2.75) is 19.9 Å². The van der Waals surface area contributed by atoms with Crippen LogP contribution in [0.5, 0.6) is 0 Å². The Bertz CT molecular complexity index is 1400. The summed E-state index contributed by atoms with van der Waals surface area (Å²) in [5.41, 5.74) is 5.15. The molecule has 0 bridgehead atoms. The molecule has 0 saturated carbocycles. The SMILES string of the molecule is Cc1cccc(C(=O)Nc2cccc([C@H](C)Nc3cncc(-c4ccc(N5CCN(C)CC5)nc4)n3)c2)c1. The van der Waals surface area contributed by atoms with Crippen molar-refractivity contribution < 1.29 is 4.79 Å². The van der Waals surface area contributed by atoms with Gasteiger partial charge in [0.1, 0.15) is 11.6 Å². The van der Waals surface area contributed by atoms with Gasteiger partial charge in [-0.1, -0.05) is 29.8 Å². The van der Waals surface area contributed by atoms with Crippen molar-refractivity contribution in [3.63, 3.8) is 0 Å². The van der Waals surface area contributed by atoms with Crippen LogP contribution in [0.2, 0.25) is 0 Å². The summed E-state index contributed by atoms with van der Waals surface area (Å²) >= 11 is 0. The Morgan fingerprint density at radius 2 is 1.76 bits per heavy atom. The highest BCUT2D eigenvalue weighted by Crippen LogP contribution is 2.24. The van der Waals surface area contributed by atoms with Gasteiger partial charge in [0, 0.05) is 49.2 Å². The lowest BCUT2D eigenvalue weighted by atomic mass is 10.1. The molecule has 38 heavy (non-hydrogen) atoms. The van der Waals surface area contributed by atoms with Gasteiger partial charge in [-0.05, 0) is 62.9 Å². The minimum absolute atomic E-state index is 0.0481. The number of hydrogen-bond donors (Lipinski definition) is 2. The van der Waals surface area contributed by atoms with Crippen molar-refractivity contribution in [3.05, 3.63) is 95.9 Å². The number of aromatic nitrogens is 3. The van der Waals surface area contributed by atoms with Crippen molar-refractivity contribution >= 4 is 23.2 Å². The Labute approximate surface area is 223 Å². The zero-order valence-corrected chi connectivity index (χ0v) is 22.1. The highest BCUT2D eigenvalue weighted by atomic mass is 16.1. The van der Waals surface area contributed by atoms with E-state index in [2.05, 4.69) is 56.5 Å². The molecule has 2 aromatic heterocycles. The summed E-state index contributed by atoms with van der Waals surface area (Å²) in [6.45, 7) is 8.09. The topological polar surface area (TPSA) is 86.3 Å². The van der Waals surface area contributed by atoms with Crippen molar-refractivity contribution in [3.8, 4) is 11.3 Å². The van der Waals surface area contributed by atoms with Crippen LogP contribution in [0.3, 0.4) is 0 Å². The molecule has 0 aliphatic carbocycles. The molecule has 5 rings (SSSR count). The molecule has 1 aliphatic rings. The largest absolute Gasteiger partial charge is 0.362 e. The van der Waals surface area contributed by atoms with Crippen LogP contribution in [0, 0.1) is 6.92 Å². The maximum atomic E-state index is 12.7. The summed E-state index contributed by atoms with van der Waals surface area (Å²) in [6, 6.07) is 19.5. The predicted molar refractivity (Wildman–Crippen MR) is 153 cm³/mol. The van der Waals surface area contributed by atoms with Crippen molar-refractivity contribution in [2.24, 2.45) is 0 Å². The average molecular weight is 508 g/mol. The number of nitrogens with one attached hydrogen (secondary N) is 2. The van der Waals surface area contributed by atoms with Gasteiger partial charge in [-0.15, -0.1) is 0 Å². The number of pyridine rings is 1. The third-order valence-electron chi connectivity index (χ3n) is 6.79. The maximum Gasteiger partial charge on any atom is 0.255 e. The number of benzene rings is 2. The average Bonchev–Trinajstić information content (AvgIpc) is 2.94. The van der Waals surface area contributed by atoms with E-state index in [1.165, 1.54) is 0 Å². The van der Waals surface area contributed by atoms with Crippen molar-refractivity contribution in [1.29, 1.82) is 0 Å². The van der Waals surface area contributed by atoms with Gasteiger partial charge in [-0.3, -0.25) is 9.78 Å².